The first-order valence-corrected chi connectivity index (χ1v) is 12.1. The van der Waals surface area contributed by atoms with Crippen LogP contribution in [0.5, 0.6) is 5.75 Å². The van der Waals surface area contributed by atoms with Gasteiger partial charge in [0.2, 0.25) is 0 Å². The van der Waals surface area contributed by atoms with Gasteiger partial charge in [0, 0.05) is 17.9 Å². The molecule has 1 aliphatic carbocycles. The van der Waals surface area contributed by atoms with E-state index >= 15 is 0 Å². The Labute approximate surface area is 207 Å². The topological polar surface area (TPSA) is 105 Å². The van der Waals surface area contributed by atoms with E-state index in [1.807, 2.05) is 12.1 Å². The zero-order chi connectivity index (χ0) is 25.7. The lowest BCUT2D eigenvalue weighted by atomic mass is 9.89. The third kappa shape index (κ3) is 11.2. The van der Waals surface area contributed by atoms with Gasteiger partial charge < -0.3 is 18.9 Å². The van der Waals surface area contributed by atoms with Crippen LogP contribution in [0.1, 0.15) is 64.4 Å². The fourth-order valence-electron chi connectivity index (χ4n) is 3.54. The summed E-state index contributed by atoms with van der Waals surface area (Å²) in [6, 6.07) is 7.16. The van der Waals surface area contributed by atoms with Crippen LogP contribution >= 0.6 is 0 Å². The summed E-state index contributed by atoms with van der Waals surface area (Å²) < 4.78 is 20.8. The van der Waals surface area contributed by atoms with Crippen LogP contribution in [0.3, 0.4) is 0 Å². The molecule has 1 aromatic carbocycles. The van der Waals surface area contributed by atoms with Crippen molar-refractivity contribution in [3.63, 3.8) is 0 Å². The fourth-order valence-corrected chi connectivity index (χ4v) is 3.54. The van der Waals surface area contributed by atoms with E-state index in [1.165, 1.54) is 6.42 Å². The van der Waals surface area contributed by atoms with Gasteiger partial charge in [-0.25, -0.2) is 4.79 Å². The molecule has 1 aliphatic rings. The molecule has 0 N–H and O–H groups in total. The molecule has 1 aromatic rings. The number of rotatable bonds is 13. The van der Waals surface area contributed by atoms with E-state index in [-0.39, 0.29) is 44.5 Å². The highest BCUT2D eigenvalue weighted by atomic mass is 16.6. The molecular weight excluding hydrogens is 452 g/mol. The molecule has 0 heterocycles. The molecule has 2 rings (SSSR count). The molecule has 0 atom stereocenters. The lowest BCUT2D eigenvalue weighted by Crippen LogP contribution is -2.28. The predicted molar refractivity (Wildman–Crippen MR) is 128 cm³/mol. The Kier molecular flexibility index (Phi) is 11.5. The second kappa shape index (κ2) is 14.3. The van der Waals surface area contributed by atoms with Gasteiger partial charge in [-0.2, -0.15) is 0 Å². The molecule has 0 amide bonds. The maximum Gasteiger partial charge on any atom is 0.330 e. The van der Waals surface area contributed by atoms with E-state index < -0.39 is 23.3 Å². The lowest BCUT2D eigenvalue weighted by molar-refractivity contribution is -0.154. The Morgan fingerprint density at radius 1 is 0.914 bits per heavy atom. The Morgan fingerprint density at radius 2 is 1.51 bits per heavy atom. The number of benzene rings is 1. The second-order valence-electron chi connectivity index (χ2n) is 9.51. The van der Waals surface area contributed by atoms with Crippen LogP contribution in [0.2, 0.25) is 0 Å². The Morgan fingerprint density at radius 3 is 2.14 bits per heavy atom. The van der Waals surface area contributed by atoms with Crippen LogP contribution in [-0.4, -0.2) is 43.7 Å². The van der Waals surface area contributed by atoms with Gasteiger partial charge in [0.05, 0.1) is 38.6 Å². The molecule has 1 saturated carbocycles. The highest BCUT2D eigenvalue weighted by molar-refractivity contribution is 5.81. The second-order valence-corrected chi connectivity index (χ2v) is 9.51. The van der Waals surface area contributed by atoms with E-state index in [2.05, 4.69) is 6.58 Å². The van der Waals surface area contributed by atoms with Crippen LogP contribution < -0.4 is 4.74 Å². The van der Waals surface area contributed by atoms with Crippen molar-refractivity contribution in [1.29, 1.82) is 0 Å². The molecule has 0 aliphatic heterocycles. The SMILES string of the molecule is C=CC(=O)OCC(C)(C)COC(=O)CCC(=O)OCCc1ccc(OC(=O)C2CCCCC2)cc1. The molecule has 0 unspecified atom stereocenters. The van der Waals surface area contributed by atoms with Gasteiger partial charge in [-0.05, 0) is 30.5 Å². The number of ether oxygens (including phenoxy) is 4. The van der Waals surface area contributed by atoms with E-state index in [0.29, 0.717) is 12.2 Å². The monoisotopic (exact) mass is 488 g/mol. The van der Waals surface area contributed by atoms with Crippen LogP contribution in [0, 0.1) is 11.3 Å². The summed E-state index contributed by atoms with van der Waals surface area (Å²) in [5.74, 6) is -1.20. The minimum atomic E-state index is -0.557. The summed E-state index contributed by atoms with van der Waals surface area (Å²) in [5, 5.41) is 0. The van der Waals surface area contributed by atoms with E-state index in [4.69, 9.17) is 18.9 Å². The molecule has 0 aromatic heterocycles. The van der Waals surface area contributed by atoms with Crippen LogP contribution in [0.25, 0.3) is 0 Å². The largest absolute Gasteiger partial charge is 0.465 e. The first-order valence-electron chi connectivity index (χ1n) is 12.1. The van der Waals surface area contributed by atoms with Gasteiger partial charge in [-0.1, -0.05) is 51.8 Å². The van der Waals surface area contributed by atoms with Crippen molar-refractivity contribution in [3.05, 3.63) is 42.5 Å². The van der Waals surface area contributed by atoms with Crippen molar-refractivity contribution in [1.82, 2.24) is 0 Å². The molecule has 1 fully saturated rings. The van der Waals surface area contributed by atoms with Crippen molar-refractivity contribution in [2.75, 3.05) is 19.8 Å². The number of carbonyl (C=O) groups is 4. The van der Waals surface area contributed by atoms with Crippen molar-refractivity contribution in [3.8, 4) is 5.75 Å². The molecule has 192 valence electrons. The standard InChI is InChI=1S/C27H36O8/c1-4-23(28)33-18-27(2,3)19-34-25(30)15-14-24(29)32-17-16-20-10-12-22(13-11-20)35-26(31)21-8-6-5-7-9-21/h4,10-13,21H,1,5-9,14-19H2,2-3H3. The third-order valence-electron chi connectivity index (χ3n) is 5.66. The van der Waals surface area contributed by atoms with Crippen LogP contribution in [0.4, 0.5) is 0 Å². The van der Waals surface area contributed by atoms with Gasteiger partial charge in [0.1, 0.15) is 5.75 Å². The minimum absolute atomic E-state index is 0.00589. The van der Waals surface area contributed by atoms with E-state index in [1.54, 1.807) is 26.0 Å². The van der Waals surface area contributed by atoms with Crippen molar-refractivity contribution in [2.24, 2.45) is 11.3 Å². The lowest BCUT2D eigenvalue weighted by Gasteiger charge is -2.23. The molecular formula is C27H36O8. The van der Waals surface area contributed by atoms with Crippen molar-refractivity contribution >= 4 is 23.9 Å². The molecule has 0 radical (unpaired) electrons. The first kappa shape index (κ1) is 28.1. The third-order valence-corrected chi connectivity index (χ3v) is 5.66. The smallest absolute Gasteiger partial charge is 0.330 e. The van der Waals surface area contributed by atoms with Crippen molar-refractivity contribution < 1.29 is 38.1 Å². The average Bonchev–Trinajstić information content (AvgIpc) is 2.86. The first-order chi connectivity index (χ1) is 16.7. The van der Waals surface area contributed by atoms with Gasteiger partial charge in [-0.3, -0.25) is 14.4 Å². The fraction of sp³-hybridized carbons (Fsp3) is 0.556. The van der Waals surface area contributed by atoms with Gasteiger partial charge >= 0.3 is 23.9 Å². The highest BCUT2D eigenvalue weighted by Crippen LogP contribution is 2.25. The quantitative estimate of drug-likeness (QED) is 0.175. The molecule has 8 heteroatoms. The zero-order valence-corrected chi connectivity index (χ0v) is 20.7. The minimum Gasteiger partial charge on any atom is -0.465 e. The summed E-state index contributed by atoms with van der Waals surface area (Å²) in [5.41, 5.74) is 0.382. The maximum absolute atomic E-state index is 12.2. The summed E-state index contributed by atoms with van der Waals surface area (Å²) in [6.07, 6.45) is 6.52. The van der Waals surface area contributed by atoms with Crippen LogP contribution in [-0.2, 0) is 39.8 Å². The Bertz CT molecular complexity index is 866. The highest BCUT2D eigenvalue weighted by Gasteiger charge is 2.24. The summed E-state index contributed by atoms with van der Waals surface area (Å²) in [4.78, 5) is 47.2. The Balaban J connectivity index is 1.60. The maximum atomic E-state index is 12.2. The number of esters is 4. The summed E-state index contributed by atoms with van der Waals surface area (Å²) >= 11 is 0. The molecule has 0 saturated heterocycles. The number of hydrogen-bond donors (Lipinski definition) is 0. The van der Waals surface area contributed by atoms with Gasteiger partial charge in [0.25, 0.3) is 0 Å². The zero-order valence-electron chi connectivity index (χ0n) is 20.7. The normalized spacial score (nSPS) is 14.0. The molecule has 35 heavy (non-hydrogen) atoms. The number of hydrogen-bond acceptors (Lipinski definition) is 8. The van der Waals surface area contributed by atoms with E-state index in [9.17, 15) is 19.2 Å². The summed E-state index contributed by atoms with van der Waals surface area (Å²) in [7, 11) is 0. The van der Waals surface area contributed by atoms with Gasteiger partial charge in [0.15, 0.2) is 0 Å². The molecule has 0 spiro atoms. The summed E-state index contributed by atoms with van der Waals surface area (Å²) in [6.45, 7) is 7.21. The molecule has 8 nitrogen and oxygen atoms in total. The molecule has 0 bridgehead atoms. The van der Waals surface area contributed by atoms with E-state index in [0.717, 1.165) is 37.3 Å². The predicted octanol–water partition coefficient (Wildman–Crippen LogP) is 4.34. The van der Waals surface area contributed by atoms with Crippen LogP contribution in [0.15, 0.2) is 36.9 Å². The van der Waals surface area contributed by atoms with Gasteiger partial charge in [-0.15, -0.1) is 0 Å². The average molecular weight is 489 g/mol. The number of carbonyl (C=O) groups excluding carboxylic acids is 4. The Hall–Kier alpha value is -3.16. The van der Waals surface area contributed by atoms with Crippen molar-refractivity contribution in [2.45, 2.75) is 65.2 Å².